The maximum Gasteiger partial charge on any atom is 0.472 e. The highest BCUT2D eigenvalue weighted by Gasteiger charge is 2.26. The molecule has 0 aromatic carbocycles. The van der Waals surface area contributed by atoms with Crippen molar-refractivity contribution in [1.82, 2.24) is 5.32 Å². The number of aryl methyl sites for hydroxylation is 5. The zero-order valence-electron chi connectivity index (χ0n) is 36.5. The Kier molecular flexibility index (Phi) is 27.2. The molecule has 0 spiro atoms. The number of nitrogens with one attached hydrogen (secondary N) is 1. The van der Waals surface area contributed by atoms with Gasteiger partial charge in [0.1, 0.15) is 29.6 Å². The quantitative estimate of drug-likeness (QED) is 0.0384. The minimum absolute atomic E-state index is 0.0301. The lowest BCUT2D eigenvalue weighted by Gasteiger charge is -2.20. The van der Waals surface area contributed by atoms with Crippen LogP contribution in [0.2, 0.25) is 0 Å². The van der Waals surface area contributed by atoms with Crippen LogP contribution in [0.5, 0.6) is 0 Å². The summed E-state index contributed by atoms with van der Waals surface area (Å²) in [6.45, 7) is 10.5. The summed E-state index contributed by atoms with van der Waals surface area (Å²) in [4.78, 5) is 35.3. The fraction of sp³-hybridized carbons (Fsp3) is 0.778. The van der Waals surface area contributed by atoms with Gasteiger partial charge in [-0.2, -0.15) is 0 Å². The number of carbonyl (C=O) groups is 2. The zero-order chi connectivity index (χ0) is 41.7. The van der Waals surface area contributed by atoms with Crippen molar-refractivity contribution in [2.45, 2.75) is 195 Å². The highest BCUT2D eigenvalue weighted by Crippen LogP contribution is 2.43. The average Bonchev–Trinajstić information content (AvgIpc) is 3.67. The molecule has 57 heavy (non-hydrogen) atoms. The summed E-state index contributed by atoms with van der Waals surface area (Å²) in [6, 6.07) is 2.19. The molecule has 0 aliphatic carbocycles. The summed E-state index contributed by atoms with van der Waals surface area (Å²) in [7, 11) is -2.68. The summed E-state index contributed by atoms with van der Waals surface area (Å²) < 4.78 is 45.5. The van der Waals surface area contributed by atoms with Gasteiger partial charge in [-0.25, -0.2) is 4.57 Å². The SMILES string of the molecule is CCCCCc1cc(C)c(CCCCCCCCC(=O)OC[C@H](COP(=O)(O)OCCNC)OC(=O)CCCCCCCCCCc2oc(CCC)c(C)c2C)o1. The number of hydrogen-bond donors (Lipinski definition) is 2. The van der Waals surface area contributed by atoms with Gasteiger partial charge in [-0.3, -0.25) is 18.6 Å². The number of rotatable bonds is 36. The van der Waals surface area contributed by atoms with Crippen molar-refractivity contribution in [2.75, 3.05) is 33.4 Å². The van der Waals surface area contributed by atoms with E-state index in [2.05, 4.69) is 46.0 Å². The van der Waals surface area contributed by atoms with E-state index in [-0.39, 0.29) is 26.1 Å². The van der Waals surface area contributed by atoms with Crippen molar-refractivity contribution in [3.63, 3.8) is 0 Å². The topological polar surface area (TPSA) is 147 Å². The number of furan rings is 2. The van der Waals surface area contributed by atoms with Gasteiger partial charge in [0.15, 0.2) is 6.10 Å². The van der Waals surface area contributed by atoms with E-state index in [0.29, 0.717) is 19.4 Å². The number of unbranched alkanes of at least 4 members (excludes halogenated alkanes) is 14. The highest BCUT2D eigenvalue weighted by molar-refractivity contribution is 7.47. The first kappa shape index (κ1) is 50.7. The van der Waals surface area contributed by atoms with Gasteiger partial charge in [0, 0.05) is 45.1 Å². The van der Waals surface area contributed by atoms with Crippen LogP contribution in [0.15, 0.2) is 14.9 Å². The number of likely N-dealkylation sites (N-methyl/N-ethyl adjacent to an activating group) is 1. The van der Waals surface area contributed by atoms with Gasteiger partial charge < -0.3 is 28.5 Å². The van der Waals surface area contributed by atoms with E-state index in [1.807, 2.05) is 0 Å². The van der Waals surface area contributed by atoms with Gasteiger partial charge in [-0.05, 0) is 89.1 Å². The molecule has 2 N–H and O–H groups in total. The Balaban J connectivity index is 1.62. The summed E-state index contributed by atoms with van der Waals surface area (Å²) >= 11 is 0. The first-order chi connectivity index (χ1) is 27.5. The van der Waals surface area contributed by atoms with Gasteiger partial charge in [0.2, 0.25) is 0 Å². The van der Waals surface area contributed by atoms with E-state index in [1.54, 1.807) is 7.05 Å². The highest BCUT2D eigenvalue weighted by atomic mass is 31.2. The van der Waals surface area contributed by atoms with E-state index in [9.17, 15) is 19.0 Å². The first-order valence-corrected chi connectivity index (χ1v) is 23.8. The van der Waals surface area contributed by atoms with Gasteiger partial charge in [-0.1, -0.05) is 90.9 Å². The predicted octanol–water partition coefficient (Wildman–Crippen LogP) is 11.3. The van der Waals surface area contributed by atoms with E-state index in [0.717, 1.165) is 119 Å². The molecule has 0 radical (unpaired) electrons. The van der Waals surface area contributed by atoms with E-state index in [1.165, 1.54) is 48.8 Å². The molecular formula is C45H78NO10P. The molecule has 0 aliphatic heterocycles. The minimum Gasteiger partial charge on any atom is -0.466 e. The molecule has 2 aromatic rings. The summed E-state index contributed by atoms with van der Waals surface area (Å²) in [5, 5.41) is 2.82. The second-order valence-corrected chi connectivity index (χ2v) is 17.1. The predicted molar refractivity (Wildman–Crippen MR) is 227 cm³/mol. The van der Waals surface area contributed by atoms with Gasteiger partial charge >= 0.3 is 19.8 Å². The molecule has 328 valence electrons. The molecule has 11 nitrogen and oxygen atoms in total. The Morgan fingerprint density at radius 3 is 1.81 bits per heavy atom. The zero-order valence-corrected chi connectivity index (χ0v) is 37.4. The van der Waals surface area contributed by atoms with Crippen LogP contribution in [-0.4, -0.2) is 56.3 Å². The smallest absolute Gasteiger partial charge is 0.466 e. The largest absolute Gasteiger partial charge is 0.472 e. The van der Waals surface area contributed by atoms with Crippen LogP contribution in [0.3, 0.4) is 0 Å². The number of ether oxygens (including phenoxy) is 2. The monoisotopic (exact) mass is 824 g/mol. The Hall–Kier alpha value is -2.43. The van der Waals surface area contributed by atoms with Crippen LogP contribution < -0.4 is 5.32 Å². The Labute approximate surface area is 344 Å². The molecule has 12 heteroatoms. The minimum atomic E-state index is -4.37. The van der Waals surface area contributed by atoms with Crippen LogP contribution in [0, 0.1) is 20.8 Å². The molecule has 1 unspecified atom stereocenters. The Bertz CT molecular complexity index is 1420. The second kappa shape index (κ2) is 30.6. The fourth-order valence-electron chi connectivity index (χ4n) is 6.91. The third kappa shape index (κ3) is 23.1. The standard InChI is InChI=1S/C45H78NO10P/c1-7-9-20-26-39-33-36(3)41(54-39)27-21-16-14-15-18-23-29-44(47)51-34-40(35-53-57(49,50)52-32-31-46-6)55-45(48)30-24-19-13-11-10-12-17-22-28-43-38(5)37(4)42(56-43)25-8-2/h33,40,46H,7-32,34-35H2,1-6H3,(H,49,50)/t40-/m1/s1. The van der Waals surface area contributed by atoms with Gasteiger partial charge in [-0.15, -0.1) is 0 Å². The molecule has 2 heterocycles. The number of phosphoric ester groups is 1. The number of hydrogen-bond acceptors (Lipinski definition) is 10. The van der Waals surface area contributed by atoms with Crippen molar-refractivity contribution in [3.8, 4) is 0 Å². The van der Waals surface area contributed by atoms with Crippen LogP contribution >= 0.6 is 7.82 Å². The lowest BCUT2D eigenvalue weighted by molar-refractivity contribution is -0.161. The van der Waals surface area contributed by atoms with E-state index >= 15 is 0 Å². The van der Waals surface area contributed by atoms with Crippen LogP contribution in [0.4, 0.5) is 0 Å². The number of carbonyl (C=O) groups excluding carboxylic acids is 2. The average molecular weight is 824 g/mol. The summed E-state index contributed by atoms with van der Waals surface area (Å²) in [5.74, 6) is 3.65. The lowest BCUT2D eigenvalue weighted by atomic mass is 10.0. The molecular weight excluding hydrogens is 745 g/mol. The Morgan fingerprint density at radius 2 is 1.21 bits per heavy atom. The lowest BCUT2D eigenvalue weighted by Crippen LogP contribution is -2.29. The van der Waals surface area contributed by atoms with E-state index in [4.69, 9.17) is 27.4 Å². The van der Waals surface area contributed by atoms with Crippen molar-refractivity contribution in [1.29, 1.82) is 0 Å². The molecule has 0 amide bonds. The molecule has 0 fully saturated rings. The third-order valence-corrected chi connectivity index (χ3v) is 11.5. The third-order valence-electron chi connectivity index (χ3n) is 10.5. The Morgan fingerprint density at radius 1 is 0.667 bits per heavy atom. The van der Waals surface area contributed by atoms with Crippen molar-refractivity contribution in [3.05, 3.63) is 45.8 Å². The van der Waals surface area contributed by atoms with Crippen LogP contribution in [0.25, 0.3) is 0 Å². The number of phosphoric acid groups is 1. The molecule has 0 saturated heterocycles. The van der Waals surface area contributed by atoms with Crippen molar-refractivity contribution >= 4 is 19.8 Å². The molecule has 0 saturated carbocycles. The maximum atomic E-state index is 12.7. The van der Waals surface area contributed by atoms with Gasteiger partial charge in [0.25, 0.3) is 0 Å². The maximum absolute atomic E-state index is 12.7. The normalized spacial score (nSPS) is 13.2. The molecule has 2 aromatic heterocycles. The van der Waals surface area contributed by atoms with Crippen LogP contribution in [0.1, 0.15) is 182 Å². The van der Waals surface area contributed by atoms with Gasteiger partial charge in [0.05, 0.1) is 13.2 Å². The van der Waals surface area contributed by atoms with E-state index < -0.39 is 32.5 Å². The first-order valence-electron chi connectivity index (χ1n) is 22.3. The summed E-state index contributed by atoms with van der Waals surface area (Å²) in [5.41, 5.74) is 3.87. The second-order valence-electron chi connectivity index (χ2n) is 15.7. The van der Waals surface area contributed by atoms with Crippen molar-refractivity contribution < 1.29 is 46.4 Å². The van der Waals surface area contributed by atoms with Crippen LogP contribution in [-0.2, 0) is 58.4 Å². The molecule has 0 aliphatic rings. The molecule has 2 atom stereocenters. The fourth-order valence-corrected chi connectivity index (χ4v) is 7.66. The molecule has 2 rings (SSSR count). The van der Waals surface area contributed by atoms with Crippen molar-refractivity contribution in [2.24, 2.45) is 0 Å². The molecule has 0 bridgehead atoms. The number of esters is 2. The summed E-state index contributed by atoms with van der Waals surface area (Å²) in [6.07, 6.45) is 22.5.